The molecule has 0 aliphatic carbocycles. The van der Waals surface area contributed by atoms with E-state index in [2.05, 4.69) is 0 Å². The summed E-state index contributed by atoms with van der Waals surface area (Å²) in [6.07, 6.45) is 2.08. The average Bonchev–Trinajstić information content (AvgIpc) is 3.16. The first-order chi connectivity index (χ1) is 13.5. The van der Waals surface area contributed by atoms with E-state index in [0.717, 1.165) is 11.3 Å². The molecule has 0 bridgehead atoms. The summed E-state index contributed by atoms with van der Waals surface area (Å²) in [5, 5.41) is 11.2. The lowest BCUT2D eigenvalue weighted by atomic mass is 9.89. The SMILES string of the molecule is COc1cc2c(cc1OC)-n1cccc1[C@@H](c1cccc([N+](=O)[O-])c1)CC2=O. The van der Waals surface area contributed by atoms with Crippen molar-refractivity contribution < 1.29 is 19.2 Å². The number of nitro benzene ring substituents is 1. The van der Waals surface area contributed by atoms with Crippen LogP contribution in [0.5, 0.6) is 11.5 Å². The fourth-order valence-corrected chi connectivity index (χ4v) is 3.73. The smallest absolute Gasteiger partial charge is 0.269 e. The summed E-state index contributed by atoms with van der Waals surface area (Å²) in [6, 6.07) is 13.8. The Balaban J connectivity index is 1.90. The van der Waals surface area contributed by atoms with E-state index in [1.165, 1.54) is 19.2 Å². The van der Waals surface area contributed by atoms with E-state index in [1.807, 2.05) is 29.0 Å². The molecule has 7 heteroatoms. The van der Waals surface area contributed by atoms with Gasteiger partial charge in [-0.2, -0.15) is 0 Å². The van der Waals surface area contributed by atoms with Crippen LogP contribution in [0.4, 0.5) is 5.69 Å². The lowest BCUT2D eigenvalue weighted by Gasteiger charge is -2.17. The fraction of sp³-hybridized carbons (Fsp3) is 0.190. The lowest BCUT2D eigenvalue weighted by molar-refractivity contribution is -0.384. The topological polar surface area (TPSA) is 83.6 Å². The first-order valence-electron chi connectivity index (χ1n) is 8.74. The van der Waals surface area contributed by atoms with E-state index in [4.69, 9.17) is 9.47 Å². The largest absolute Gasteiger partial charge is 0.493 e. The molecule has 2 heterocycles. The fourth-order valence-electron chi connectivity index (χ4n) is 3.73. The quantitative estimate of drug-likeness (QED) is 0.504. The minimum Gasteiger partial charge on any atom is -0.493 e. The van der Waals surface area contributed by atoms with E-state index in [9.17, 15) is 14.9 Å². The molecular weight excluding hydrogens is 360 g/mol. The number of hydrogen-bond donors (Lipinski definition) is 0. The van der Waals surface area contributed by atoms with Crippen LogP contribution in [0.2, 0.25) is 0 Å². The number of methoxy groups -OCH3 is 2. The zero-order valence-electron chi connectivity index (χ0n) is 15.4. The molecule has 1 aliphatic rings. The lowest BCUT2D eigenvalue weighted by Crippen LogP contribution is -2.08. The number of Topliss-reactive ketones (excluding diaryl/α,β-unsaturated/α-hetero) is 1. The number of benzene rings is 2. The Morgan fingerprint density at radius 3 is 2.54 bits per heavy atom. The number of non-ortho nitro benzene ring substituents is 1. The number of carbonyl (C=O) groups is 1. The molecule has 1 atom stereocenters. The van der Waals surface area contributed by atoms with Crippen LogP contribution in [0.1, 0.15) is 34.0 Å². The molecule has 4 rings (SSSR count). The first kappa shape index (κ1) is 17.8. The van der Waals surface area contributed by atoms with Gasteiger partial charge in [-0.1, -0.05) is 12.1 Å². The molecule has 142 valence electrons. The average molecular weight is 378 g/mol. The molecule has 2 aromatic carbocycles. The summed E-state index contributed by atoms with van der Waals surface area (Å²) in [4.78, 5) is 23.9. The number of ketones is 1. The predicted molar refractivity (Wildman–Crippen MR) is 103 cm³/mol. The second kappa shape index (κ2) is 6.84. The van der Waals surface area contributed by atoms with E-state index < -0.39 is 4.92 Å². The van der Waals surface area contributed by atoms with Gasteiger partial charge in [-0.05, 0) is 23.8 Å². The van der Waals surface area contributed by atoms with Crippen LogP contribution in [0.3, 0.4) is 0 Å². The minimum atomic E-state index is -0.425. The van der Waals surface area contributed by atoms with Crippen molar-refractivity contribution >= 4 is 11.5 Å². The van der Waals surface area contributed by atoms with Crippen molar-refractivity contribution in [1.29, 1.82) is 0 Å². The van der Waals surface area contributed by atoms with Crippen molar-refractivity contribution in [3.05, 3.63) is 81.7 Å². The highest BCUT2D eigenvalue weighted by Gasteiger charge is 2.30. The molecule has 0 radical (unpaired) electrons. The van der Waals surface area contributed by atoms with Crippen molar-refractivity contribution in [2.45, 2.75) is 12.3 Å². The monoisotopic (exact) mass is 378 g/mol. The Labute approximate surface area is 161 Å². The summed E-state index contributed by atoms with van der Waals surface area (Å²) in [6.45, 7) is 0. The molecule has 0 N–H and O–H groups in total. The molecule has 1 aliphatic heterocycles. The number of hydrogen-bond acceptors (Lipinski definition) is 5. The number of nitrogens with zero attached hydrogens (tertiary/aromatic N) is 2. The van der Waals surface area contributed by atoms with Crippen LogP contribution in [0.15, 0.2) is 54.7 Å². The highest BCUT2D eigenvalue weighted by Crippen LogP contribution is 2.40. The molecule has 1 aromatic heterocycles. The summed E-state index contributed by atoms with van der Waals surface area (Å²) in [5.74, 6) is 0.655. The number of fused-ring (bicyclic) bond motifs is 3. The van der Waals surface area contributed by atoms with Gasteiger partial charge in [-0.3, -0.25) is 14.9 Å². The summed E-state index contributed by atoms with van der Waals surface area (Å²) >= 11 is 0. The summed E-state index contributed by atoms with van der Waals surface area (Å²) in [7, 11) is 3.07. The van der Waals surface area contributed by atoms with Gasteiger partial charge in [0.05, 0.1) is 24.8 Å². The van der Waals surface area contributed by atoms with Crippen LogP contribution < -0.4 is 9.47 Å². The van der Waals surface area contributed by atoms with E-state index in [0.29, 0.717) is 22.7 Å². The summed E-state index contributed by atoms with van der Waals surface area (Å²) < 4.78 is 12.7. The van der Waals surface area contributed by atoms with Crippen LogP contribution >= 0.6 is 0 Å². The second-order valence-corrected chi connectivity index (χ2v) is 6.56. The summed E-state index contributed by atoms with van der Waals surface area (Å²) in [5.41, 5.74) is 2.86. The van der Waals surface area contributed by atoms with Crippen LogP contribution in [0, 0.1) is 10.1 Å². The maximum absolute atomic E-state index is 13.1. The highest BCUT2D eigenvalue weighted by molar-refractivity contribution is 6.01. The number of nitro groups is 1. The van der Waals surface area contributed by atoms with E-state index in [-0.39, 0.29) is 23.8 Å². The van der Waals surface area contributed by atoms with Crippen LogP contribution in [0.25, 0.3) is 5.69 Å². The molecule has 0 unspecified atom stereocenters. The number of carbonyl (C=O) groups excluding carboxylic acids is 1. The minimum absolute atomic E-state index is 0.00755. The van der Waals surface area contributed by atoms with Crippen LogP contribution in [-0.2, 0) is 0 Å². The van der Waals surface area contributed by atoms with Crippen molar-refractivity contribution in [3.8, 4) is 17.2 Å². The standard InChI is InChI=1S/C21H18N2O5/c1-27-20-11-16-18(12-21(20)28-2)22-8-4-7-17(22)15(10-19(16)24)13-5-3-6-14(9-13)23(25)26/h3-9,11-12,15H,10H2,1-2H3/t15-/m1/s1. The van der Waals surface area contributed by atoms with Gasteiger partial charge in [-0.15, -0.1) is 0 Å². The molecule has 0 fully saturated rings. The number of aromatic nitrogens is 1. The third kappa shape index (κ3) is 2.81. The van der Waals surface area contributed by atoms with Gasteiger partial charge in [0.2, 0.25) is 0 Å². The molecule has 0 spiro atoms. The molecule has 0 saturated carbocycles. The normalized spacial score (nSPS) is 15.4. The zero-order chi connectivity index (χ0) is 19.8. The highest BCUT2D eigenvalue weighted by atomic mass is 16.6. The number of rotatable bonds is 4. The third-order valence-electron chi connectivity index (χ3n) is 5.07. The Hall–Kier alpha value is -3.61. The van der Waals surface area contributed by atoms with Gasteiger partial charge < -0.3 is 14.0 Å². The van der Waals surface area contributed by atoms with Crippen molar-refractivity contribution in [2.75, 3.05) is 14.2 Å². The Morgan fingerprint density at radius 2 is 1.82 bits per heavy atom. The third-order valence-corrected chi connectivity index (χ3v) is 5.07. The molecular formula is C21H18N2O5. The van der Waals surface area contributed by atoms with Gasteiger partial charge in [0.25, 0.3) is 5.69 Å². The molecule has 0 amide bonds. The van der Waals surface area contributed by atoms with E-state index in [1.54, 1.807) is 25.3 Å². The zero-order valence-corrected chi connectivity index (χ0v) is 15.4. The maximum Gasteiger partial charge on any atom is 0.269 e. The molecule has 0 saturated heterocycles. The van der Waals surface area contributed by atoms with Crippen LogP contribution in [-0.4, -0.2) is 29.5 Å². The van der Waals surface area contributed by atoms with E-state index >= 15 is 0 Å². The van der Waals surface area contributed by atoms with Gasteiger partial charge in [0.1, 0.15) is 0 Å². The Kier molecular flexibility index (Phi) is 4.35. The molecule has 3 aromatic rings. The van der Waals surface area contributed by atoms with Crippen molar-refractivity contribution in [3.63, 3.8) is 0 Å². The Bertz CT molecular complexity index is 1090. The molecule has 7 nitrogen and oxygen atoms in total. The maximum atomic E-state index is 13.1. The second-order valence-electron chi connectivity index (χ2n) is 6.56. The van der Waals surface area contributed by atoms with Gasteiger partial charge in [0.15, 0.2) is 17.3 Å². The first-order valence-corrected chi connectivity index (χ1v) is 8.74. The van der Waals surface area contributed by atoms with Crippen molar-refractivity contribution in [1.82, 2.24) is 4.57 Å². The molecule has 28 heavy (non-hydrogen) atoms. The van der Waals surface area contributed by atoms with Gasteiger partial charge in [-0.25, -0.2) is 0 Å². The predicted octanol–water partition coefficient (Wildman–Crippen LogP) is 4.12. The van der Waals surface area contributed by atoms with Gasteiger partial charge in [0, 0.05) is 48.0 Å². The number of ether oxygens (including phenoxy) is 2. The van der Waals surface area contributed by atoms with Gasteiger partial charge >= 0.3 is 0 Å². The van der Waals surface area contributed by atoms with Crippen molar-refractivity contribution in [2.24, 2.45) is 0 Å². The Morgan fingerprint density at radius 1 is 1.07 bits per heavy atom.